The zero-order chi connectivity index (χ0) is 15.4. The largest absolute Gasteiger partial charge is 0.329 e. The van der Waals surface area contributed by atoms with Gasteiger partial charge in [0.1, 0.15) is 0 Å². The van der Waals surface area contributed by atoms with E-state index in [4.69, 9.17) is 17.3 Å². The fourth-order valence-corrected chi connectivity index (χ4v) is 2.82. The van der Waals surface area contributed by atoms with Crippen LogP contribution in [0.4, 0.5) is 0 Å². The van der Waals surface area contributed by atoms with Gasteiger partial charge in [0, 0.05) is 23.6 Å². The summed E-state index contributed by atoms with van der Waals surface area (Å²) in [5.74, 6) is 0. The molecule has 0 aliphatic heterocycles. The molecule has 0 saturated carbocycles. The van der Waals surface area contributed by atoms with Crippen molar-refractivity contribution in [2.24, 2.45) is 5.73 Å². The number of nitrogens with two attached hydrogens (primary N) is 1. The van der Waals surface area contributed by atoms with Crippen LogP contribution in [0.15, 0.2) is 46.9 Å². The van der Waals surface area contributed by atoms with Crippen molar-refractivity contribution < 1.29 is 0 Å². The Morgan fingerprint density at radius 1 is 1.19 bits per heavy atom. The van der Waals surface area contributed by atoms with Gasteiger partial charge in [-0.25, -0.2) is 0 Å². The standard InChI is InChI=1S/C17H20BrClN2/c1-12-3-5-13(6-4-12)11-21(2)17(10-20)14-7-8-15(18)16(19)9-14/h3-9,17H,10-11,20H2,1-2H3. The first-order valence-electron chi connectivity index (χ1n) is 6.92. The fraction of sp³-hybridized carbons (Fsp3) is 0.294. The summed E-state index contributed by atoms with van der Waals surface area (Å²) in [6.45, 7) is 3.51. The highest BCUT2D eigenvalue weighted by Crippen LogP contribution is 2.28. The molecule has 1 unspecified atom stereocenters. The third-order valence-electron chi connectivity index (χ3n) is 3.64. The molecule has 0 radical (unpaired) electrons. The summed E-state index contributed by atoms with van der Waals surface area (Å²) < 4.78 is 0.907. The second kappa shape index (κ2) is 7.41. The minimum atomic E-state index is 0.150. The number of rotatable bonds is 5. The first-order valence-corrected chi connectivity index (χ1v) is 8.09. The zero-order valence-electron chi connectivity index (χ0n) is 12.3. The number of nitrogens with zero attached hydrogens (tertiary/aromatic N) is 1. The average molecular weight is 368 g/mol. The lowest BCUT2D eigenvalue weighted by Crippen LogP contribution is -2.30. The Morgan fingerprint density at radius 2 is 1.86 bits per heavy atom. The molecule has 0 aliphatic carbocycles. The van der Waals surface area contributed by atoms with E-state index in [1.54, 1.807) is 0 Å². The van der Waals surface area contributed by atoms with E-state index >= 15 is 0 Å². The van der Waals surface area contributed by atoms with E-state index in [1.165, 1.54) is 11.1 Å². The molecule has 0 amide bonds. The van der Waals surface area contributed by atoms with Crippen molar-refractivity contribution in [3.63, 3.8) is 0 Å². The van der Waals surface area contributed by atoms with Crippen LogP contribution in [0, 0.1) is 6.92 Å². The van der Waals surface area contributed by atoms with Crippen molar-refractivity contribution in [2.75, 3.05) is 13.6 Å². The van der Waals surface area contributed by atoms with Gasteiger partial charge >= 0.3 is 0 Å². The predicted molar refractivity (Wildman–Crippen MR) is 93.6 cm³/mol. The molecule has 0 fully saturated rings. The van der Waals surface area contributed by atoms with Crippen LogP contribution in [-0.2, 0) is 6.54 Å². The Labute approximate surface area is 140 Å². The Bertz CT molecular complexity index is 598. The minimum absolute atomic E-state index is 0.150. The maximum absolute atomic E-state index is 6.19. The molecule has 2 aromatic rings. The Kier molecular flexibility index (Phi) is 5.82. The first kappa shape index (κ1) is 16.5. The van der Waals surface area contributed by atoms with Crippen LogP contribution in [-0.4, -0.2) is 18.5 Å². The molecule has 4 heteroatoms. The smallest absolute Gasteiger partial charge is 0.0551 e. The van der Waals surface area contributed by atoms with E-state index < -0.39 is 0 Å². The van der Waals surface area contributed by atoms with E-state index in [1.807, 2.05) is 12.1 Å². The number of hydrogen-bond acceptors (Lipinski definition) is 2. The summed E-state index contributed by atoms with van der Waals surface area (Å²) >= 11 is 9.61. The Hall–Kier alpha value is -0.870. The highest BCUT2D eigenvalue weighted by atomic mass is 79.9. The third-order valence-corrected chi connectivity index (χ3v) is 4.87. The van der Waals surface area contributed by atoms with E-state index in [2.05, 4.69) is 65.1 Å². The van der Waals surface area contributed by atoms with Gasteiger partial charge in [0.15, 0.2) is 0 Å². The second-order valence-corrected chi connectivity index (χ2v) is 6.59. The van der Waals surface area contributed by atoms with Crippen molar-refractivity contribution in [3.8, 4) is 0 Å². The van der Waals surface area contributed by atoms with Gasteiger partial charge in [0.25, 0.3) is 0 Å². The Balaban J connectivity index is 2.15. The lowest BCUT2D eigenvalue weighted by Gasteiger charge is -2.27. The number of halogens is 2. The molecule has 0 bridgehead atoms. The number of likely N-dealkylation sites (N-methyl/N-ethyl adjacent to an activating group) is 1. The summed E-state index contributed by atoms with van der Waals surface area (Å²) in [5, 5.41) is 0.717. The molecule has 1 atom stereocenters. The molecular weight excluding hydrogens is 348 g/mol. The van der Waals surface area contributed by atoms with Gasteiger partial charge in [0.05, 0.1) is 5.02 Å². The van der Waals surface area contributed by atoms with Gasteiger partial charge in [0.2, 0.25) is 0 Å². The van der Waals surface area contributed by atoms with Gasteiger partial charge in [-0.05, 0) is 53.2 Å². The van der Waals surface area contributed by atoms with Gasteiger partial charge < -0.3 is 5.73 Å². The molecule has 0 aliphatic rings. The van der Waals surface area contributed by atoms with Crippen LogP contribution in [0.1, 0.15) is 22.7 Å². The first-order chi connectivity index (χ1) is 10.0. The predicted octanol–water partition coefficient (Wildman–Crippen LogP) is 4.54. The van der Waals surface area contributed by atoms with Crippen LogP contribution in [0.2, 0.25) is 5.02 Å². The van der Waals surface area contributed by atoms with Crippen LogP contribution >= 0.6 is 27.5 Å². The molecule has 0 heterocycles. The van der Waals surface area contributed by atoms with Crippen molar-refractivity contribution in [1.29, 1.82) is 0 Å². The average Bonchev–Trinajstić information content (AvgIpc) is 2.46. The van der Waals surface area contributed by atoms with E-state index in [0.717, 1.165) is 21.6 Å². The summed E-state index contributed by atoms with van der Waals surface area (Å²) in [4.78, 5) is 2.25. The van der Waals surface area contributed by atoms with Gasteiger partial charge in [-0.2, -0.15) is 0 Å². The van der Waals surface area contributed by atoms with Crippen LogP contribution in [0.25, 0.3) is 0 Å². The summed E-state index contributed by atoms with van der Waals surface area (Å²) in [6, 6.07) is 14.8. The van der Waals surface area contributed by atoms with Crippen molar-refractivity contribution in [1.82, 2.24) is 4.90 Å². The fourth-order valence-electron chi connectivity index (χ4n) is 2.38. The number of hydrogen-bond donors (Lipinski definition) is 1. The topological polar surface area (TPSA) is 29.3 Å². The molecule has 2 aromatic carbocycles. The summed E-state index contributed by atoms with van der Waals surface area (Å²) in [7, 11) is 2.09. The monoisotopic (exact) mass is 366 g/mol. The van der Waals surface area contributed by atoms with Gasteiger partial charge in [-0.15, -0.1) is 0 Å². The zero-order valence-corrected chi connectivity index (χ0v) is 14.7. The van der Waals surface area contributed by atoms with Gasteiger partial charge in [-0.3, -0.25) is 4.90 Å². The molecule has 2 N–H and O–H groups in total. The van der Waals surface area contributed by atoms with Gasteiger partial charge in [-0.1, -0.05) is 47.5 Å². The van der Waals surface area contributed by atoms with Crippen molar-refractivity contribution in [3.05, 3.63) is 68.7 Å². The minimum Gasteiger partial charge on any atom is -0.329 e. The molecule has 2 rings (SSSR count). The lowest BCUT2D eigenvalue weighted by molar-refractivity contribution is 0.242. The maximum Gasteiger partial charge on any atom is 0.0551 e. The normalized spacial score (nSPS) is 12.7. The molecule has 21 heavy (non-hydrogen) atoms. The highest BCUT2D eigenvalue weighted by Gasteiger charge is 2.16. The molecular formula is C17H20BrClN2. The van der Waals surface area contributed by atoms with E-state index in [-0.39, 0.29) is 6.04 Å². The number of benzene rings is 2. The molecule has 2 nitrogen and oxygen atoms in total. The van der Waals surface area contributed by atoms with E-state index in [9.17, 15) is 0 Å². The van der Waals surface area contributed by atoms with Crippen LogP contribution < -0.4 is 5.73 Å². The van der Waals surface area contributed by atoms with E-state index in [0.29, 0.717) is 6.54 Å². The molecule has 112 valence electrons. The SMILES string of the molecule is Cc1ccc(CN(C)C(CN)c2ccc(Br)c(Cl)c2)cc1. The number of aryl methyl sites for hydroxylation is 1. The molecule has 0 saturated heterocycles. The van der Waals surface area contributed by atoms with Crippen molar-refractivity contribution in [2.45, 2.75) is 19.5 Å². The quantitative estimate of drug-likeness (QED) is 0.840. The maximum atomic E-state index is 6.19. The van der Waals surface area contributed by atoms with Crippen LogP contribution in [0.3, 0.4) is 0 Å². The molecule has 0 aromatic heterocycles. The second-order valence-electron chi connectivity index (χ2n) is 5.33. The lowest BCUT2D eigenvalue weighted by atomic mass is 10.0. The highest BCUT2D eigenvalue weighted by molar-refractivity contribution is 9.10. The molecule has 0 spiro atoms. The Morgan fingerprint density at radius 3 is 2.43 bits per heavy atom. The summed E-state index contributed by atoms with van der Waals surface area (Å²) in [5.41, 5.74) is 9.67. The summed E-state index contributed by atoms with van der Waals surface area (Å²) in [6.07, 6.45) is 0. The third kappa shape index (κ3) is 4.30. The van der Waals surface area contributed by atoms with Crippen LogP contribution in [0.5, 0.6) is 0 Å². The van der Waals surface area contributed by atoms with Crippen molar-refractivity contribution >= 4 is 27.5 Å².